The second-order valence-corrected chi connectivity index (χ2v) is 17.2. The van der Waals surface area contributed by atoms with Gasteiger partial charge in [-0.05, 0) is 79.7 Å². The Hall–Kier alpha value is -3.99. The molecule has 4 atom stereocenters. The van der Waals surface area contributed by atoms with Gasteiger partial charge >= 0.3 is 0 Å². The molecule has 2 N–H and O–H groups in total. The van der Waals surface area contributed by atoms with Crippen LogP contribution in [0.5, 0.6) is 11.5 Å². The van der Waals surface area contributed by atoms with Crippen LogP contribution in [0, 0.1) is 5.92 Å². The van der Waals surface area contributed by atoms with E-state index in [-0.39, 0.29) is 36.4 Å². The van der Waals surface area contributed by atoms with Crippen molar-refractivity contribution in [1.82, 2.24) is 0 Å². The van der Waals surface area contributed by atoms with E-state index in [0.29, 0.717) is 51.1 Å². The number of hydrogen-bond donors (Lipinski definition) is 2. The summed E-state index contributed by atoms with van der Waals surface area (Å²) in [6.45, 7) is 5.77. The number of para-hydroxylation sites is 3. The van der Waals surface area contributed by atoms with Crippen molar-refractivity contribution in [2.45, 2.75) is 50.2 Å². The van der Waals surface area contributed by atoms with E-state index >= 15 is 0 Å². The Morgan fingerprint density at radius 1 is 0.913 bits per heavy atom. The molecule has 10 heteroatoms. The van der Waals surface area contributed by atoms with Gasteiger partial charge in [-0.3, -0.25) is 14.5 Å². The lowest BCUT2D eigenvalue weighted by molar-refractivity contribution is -0.146. The minimum Gasteiger partial charge on any atom is -0.454 e. The van der Waals surface area contributed by atoms with Gasteiger partial charge in [0, 0.05) is 34.3 Å². The summed E-state index contributed by atoms with van der Waals surface area (Å²) in [4.78, 5) is 43.4. The average molecular weight is 655 g/mol. The van der Waals surface area contributed by atoms with Gasteiger partial charge in [-0.25, -0.2) is 0 Å². The Morgan fingerprint density at radius 3 is 2.41 bits per heavy atom. The number of halogens is 1. The molecule has 1 spiro atoms. The first-order valence-corrected chi connectivity index (χ1v) is 18.9. The fourth-order valence-electron chi connectivity index (χ4n) is 7.65. The van der Waals surface area contributed by atoms with Gasteiger partial charge in [0.1, 0.15) is 5.75 Å². The number of benzene rings is 4. The lowest BCUT2D eigenvalue weighted by Gasteiger charge is -2.32. The van der Waals surface area contributed by atoms with Crippen molar-refractivity contribution in [2.24, 2.45) is 5.92 Å². The molecule has 7 rings (SSSR count). The lowest BCUT2D eigenvalue weighted by atomic mass is 9.82. The molecule has 236 valence electrons. The smallest absolute Gasteiger partial charge is 0.266 e. The first kappa shape index (κ1) is 30.6. The highest BCUT2D eigenvalue weighted by atomic mass is 35.5. The minimum atomic E-state index is -2.82. The number of aliphatic hydroxyl groups excluding tert-OH is 1. The second-order valence-electron chi connectivity index (χ2n) is 12.8. The molecule has 1 fully saturated rings. The summed E-state index contributed by atoms with van der Waals surface area (Å²) in [5.74, 6) is 0.231. The Bertz CT molecular complexity index is 1860. The van der Waals surface area contributed by atoms with Gasteiger partial charge < -0.3 is 24.3 Å². The molecule has 2 amide bonds. The summed E-state index contributed by atoms with van der Waals surface area (Å²) < 4.78 is 12.9. The predicted molar refractivity (Wildman–Crippen MR) is 179 cm³/mol. The maximum absolute atomic E-state index is 14.7. The van der Waals surface area contributed by atoms with Crippen molar-refractivity contribution in [3.8, 4) is 11.5 Å². The third-order valence-corrected chi connectivity index (χ3v) is 12.3. The number of carbonyl (C=O) groups is 2. The number of anilines is 3. The maximum atomic E-state index is 14.7. The monoisotopic (exact) mass is 654 g/mol. The molecule has 3 aliphatic heterocycles. The van der Waals surface area contributed by atoms with Gasteiger partial charge in [-0.2, -0.15) is 0 Å². The zero-order valence-corrected chi connectivity index (χ0v) is 27.6. The predicted octanol–water partition coefficient (Wildman–Crippen LogP) is 7.15. The molecule has 0 aromatic heterocycles. The first-order chi connectivity index (χ1) is 22.0. The highest BCUT2D eigenvalue weighted by Gasteiger charge is 2.66. The third-order valence-electron chi connectivity index (χ3n) is 9.52. The van der Waals surface area contributed by atoms with Crippen LogP contribution >= 0.6 is 11.6 Å². The summed E-state index contributed by atoms with van der Waals surface area (Å²) in [5.41, 5.74) is 2.22. The van der Waals surface area contributed by atoms with Crippen LogP contribution in [-0.4, -0.2) is 42.7 Å². The Balaban J connectivity index is 1.28. The van der Waals surface area contributed by atoms with E-state index in [1.54, 1.807) is 34.1 Å². The molecule has 4 aromatic rings. The Labute approximate surface area is 273 Å². The van der Waals surface area contributed by atoms with Gasteiger partial charge in [-0.15, -0.1) is 0 Å². The first-order valence-electron chi connectivity index (χ1n) is 15.5. The zero-order valence-electron chi connectivity index (χ0n) is 25.8. The van der Waals surface area contributed by atoms with E-state index < -0.39 is 20.0 Å². The van der Waals surface area contributed by atoms with Gasteiger partial charge in [0.15, 0.2) is 19.7 Å². The van der Waals surface area contributed by atoms with Crippen LogP contribution in [0.4, 0.5) is 17.1 Å². The van der Waals surface area contributed by atoms with Crippen LogP contribution in [0.25, 0.3) is 0 Å². The molecule has 3 aliphatic rings. The molecule has 0 radical (unpaired) electrons. The number of carbonyl (C=O) groups excluding carboxylic acids is 2. The Morgan fingerprint density at radius 2 is 1.65 bits per heavy atom. The molecule has 0 unspecified atom stereocenters. The van der Waals surface area contributed by atoms with E-state index in [1.165, 1.54) is 0 Å². The normalized spacial score (nSPS) is 23.7. The SMILES string of the molecule is C[C@@H]1[C@@H]([Si](C)(C)O)[C@H](CCO)O[C@@]12C(=O)N(Cc1cccc(N3C(=O)c4ccccc4Oc4ccccc43)c1)c1ccc(Cl)cc12. The number of hydrogen-bond acceptors (Lipinski definition) is 6. The molecule has 0 saturated carbocycles. The van der Waals surface area contributed by atoms with Crippen molar-refractivity contribution in [2.75, 3.05) is 16.4 Å². The van der Waals surface area contributed by atoms with Gasteiger partial charge in [0.05, 0.1) is 29.6 Å². The van der Waals surface area contributed by atoms with Gasteiger partial charge in [0.2, 0.25) is 0 Å². The molecule has 46 heavy (non-hydrogen) atoms. The molecule has 0 aliphatic carbocycles. The van der Waals surface area contributed by atoms with Gasteiger partial charge in [-0.1, -0.05) is 54.9 Å². The van der Waals surface area contributed by atoms with E-state index in [9.17, 15) is 19.5 Å². The summed E-state index contributed by atoms with van der Waals surface area (Å²) in [6, 6.07) is 27.6. The number of fused-ring (bicyclic) bond motifs is 4. The van der Waals surface area contributed by atoms with Crippen LogP contribution in [-0.2, 0) is 21.7 Å². The molecule has 4 aromatic carbocycles. The number of amides is 2. The standard InChI is InChI=1S/C36H35ClN2O6Si/c1-22-33(46(2,3)43)32(17-18-40)45-36(22)27-20-24(37)15-16-28(27)38(35(36)42)21-23-9-8-10-25(19-23)39-29-12-5-7-14-31(29)44-30-13-6-4-11-26(30)34(39)41/h4-16,19-20,22,32-33,40,43H,17-18,21H2,1-3H3/t22-,32+,33-,36+/m1/s1. The fraction of sp³-hybridized carbons (Fsp3) is 0.278. The quantitative estimate of drug-likeness (QED) is 0.214. The van der Waals surface area contributed by atoms with Crippen LogP contribution in [0.1, 0.15) is 34.8 Å². The van der Waals surface area contributed by atoms with E-state index in [4.69, 9.17) is 21.1 Å². The summed E-state index contributed by atoms with van der Waals surface area (Å²) in [6.07, 6.45) is -0.165. The van der Waals surface area contributed by atoms with Gasteiger partial charge in [0.25, 0.3) is 11.8 Å². The fourth-order valence-corrected chi connectivity index (χ4v) is 10.4. The Kier molecular flexibility index (Phi) is 7.57. The van der Waals surface area contributed by atoms with E-state index in [1.807, 2.05) is 86.7 Å². The van der Waals surface area contributed by atoms with Crippen molar-refractivity contribution in [1.29, 1.82) is 0 Å². The lowest BCUT2D eigenvalue weighted by Crippen LogP contribution is -2.46. The number of aliphatic hydroxyl groups is 1. The third kappa shape index (κ3) is 4.77. The van der Waals surface area contributed by atoms with Crippen molar-refractivity contribution in [3.63, 3.8) is 0 Å². The van der Waals surface area contributed by atoms with Crippen LogP contribution in [0.15, 0.2) is 91.0 Å². The molecular weight excluding hydrogens is 620 g/mol. The second kappa shape index (κ2) is 11.4. The average Bonchev–Trinajstić information content (AvgIpc) is 3.39. The summed E-state index contributed by atoms with van der Waals surface area (Å²) in [5, 5.41) is 10.3. The van der Waals surface area contributed by atoms with Crippen molar-refractivity contribution in [3.05, 3.63) is 113 Å². The highest BCUT2D eigenvalue weighted by molar-refractivity contribution is 6.71. The minimum absolute atomic E-state index is 0.116. The number of rotatable bonds is 6. The number of nitrogens with zero attached hydrogens (tertiary/aromatic N) is 2. The maximum Gasteiger partial charge on any atom is 0.266 e. The van der Waals surface area contributed by atoms with Crippen molar-refractivity contribution >= 4 is 48.8 Å². The van der Waals surface area contributed by atoms with E-state index in [2.05, 4.69) is 0 Å². The topological polar surface area (TPSA) is 99.5 Å². The van der Waals surface area contributed by atoms with Crippen LogP contribution in [0.3, 0.4) is 0 Å². The van der Waals surface area contributed by atoms with Crippen LogP contribution in [0.2, 0.25) is 23.7 Å². The molecule has 8 nitrogen and oxygen atoms in total. The van der Waals surface area contributed by atoms with Crippen LogP contribution < -0.4 is 14.5 Å². The number of ether oxygens (including phenoxy) is 2. The van der Waals surface area contributed by atoms with Crippen molar-refractivity contribution < 1.29 is 29.0 Å². The molecule has 1 saturated heterocycles. The molecule has 3 heterocycles. The van der Waals surface area contributed by atoms with E-state index in [0.717, 1.165) is 5.56 Å². The summed E-state index contributed by atoms with van der Waals surface area (Å²) in [7, 11) is -2.82. The zero-order chi connectivity index (χ0) is 32.4. The largest absolute Gasteiger partial charge is 0.454 e. The molecular formula is C36H35ClN2O6Si. The highest BCUT2D eigenvalue weighted by Crippen LogP contribution is 2.60. The molecule has 0 bridgehead atoms. The summed E-state index contributed by atoms with van der Waals surface area (Å²) >= 11 is 6.51.